The molecule has 0 saturated carbocycles. The Morgan fingerprint density at radius 2 is 1.74 bits per heavy atom. The first-order chi connectivity index (χ1) is 18.8. The zero-order chi connectivity index (χ0) is 27.9. The number of carbonyl (C=O) groups is 2. The molecule has 1 aliphatic heterocycles. The molecule has 1 saturated heterocycles. The molecule has 7 nitrogen and oxygen atoms in total. The molecule has 0 radical (unpaired) electrons. The largest absolute Gasteiger partial charge is 0.490 e. The number of ether oxygens (including phenoxy) is 3. The van der Waals surface area contributed by atoms with Gasteiger partial charge in [0.25, 0.3) is 5.91 Å². The summed E-state index contributed by atoms with van der Waals surface area (Å²) in [6.07, 6.45) is 1.79. The van der Waals surface area contributed by atoms with Crippen LogP contribution in [-0.4, -0.2) is 42.2 Å². The van der Waals surface area contributed by atoms with Crippen LogP contribution < -0.4 is 9.47 Å². The average Bonchev–Trinajstić information content (AvgIpc) is 3.17. The highest BCUT2D eigenvalue weighted by atomic mass is 35.5. The summed E-state index contributed by atoms with van der Waals surface area (Å²) in [6, 6.07) is 17.4. The third-order valence-electron chi connectivity index (χ3n) is 5.57. The second-order valence-electron chi connectivity index (χ2n) is 8.30. The van der Waals surface area contributed by atoms with Crippen LogP contribution in [0.3, 0.4) is 0 Å². The van der Waals surface area contributed by atoms with Crippen LogP contribution in [0.1, 0.15) is 35.3 Å². The fraction of sp³-hybridized carbons (Fsp3) is 0.207. The summed E-state index contributed by atoms with van der Waals surface area (Å²) in [7, 11) is 1.67. The normalized spacial score (nSPS) is 15.2. The van der Waals surface area contributed by atoms with Gasteiger partial charge in [-0.05, 0) is 85.8 Å². The zero-order valence-electron chi connectivity index (χ0n) is 21.6. The Morgan fingerprint density at radius 1 is 0.974 bits per heavy atom. The number of amides is 1. The molecule has 1 aliphatic rings. The molecule has 10 heteroatoms. The molecule has 3 aromatic rings. The second-order valence-corrected chi connectivity index (χ2v) is 10.2. The molecule has 1 heterocycles. The van der Waals surface area contributed by atoms with E-state index in [1.165, 1.54) is 16.7 Å². The van der Waals surface area contributed by atoms with Gasteiger partial charge in [-0.15, -0.1) is 0 Å². The fourth-order valence-electron chi connectivity index (χ4n) is 3.60. The van der Waals surface area contributed by atoms with E-state index in [2.05, 4.69) is 4.99 Å². The molecule has 39 heavy (non-hydrogen) atoms. The molecule has 1 amide bonds. The minimum Gasteiger partial charge on any atom is -0.490 e. The standard InChI is InChI=1S/C29H26Cl2N2O5S/c1-4-36-25-14-18(6-13-24(25)38-17-20-7-10-21(30)16-23(20)31)15-26-27(34)33(3)29(39-26)32-22-11-8-19(9-12-22)28(35)37-5-2/h6-16H,4-5,17H2,1-3H3/b26-15+,32-29?. The van der Waals surface area contributed by atoms with Crippen molar-refractivity contribution in [3.8, 4) is 11.5 Å². The van der Waals surface area contributed by atoms with Gasteiger partial charge >= 0.3 is 5.97 Å². The Balaban J connectivity index is 1.51. The molecule has 202 valence electrons. The minimum absolute atomic E-state index is 0.169. The molecule has 0 unspecified atom stereocenters. The number of carbonyl (C=O) groups excluding carboxylic acids is 2. The van der Waals surface area contributed by atoms with Crippen molar-refractivity contribution >= 4 is 63.8 Å². The van der Waals surface area contributed by atoms with Crippen LogP contribution in [0.5, 0.6) is 11.5 Å². The summed E-state index contributed by atoms with van der Waals surface area (Å²) in [5.74, 6) is 0.552. The van der Waals surface area contributed by atoms with Crippen molar-refractivity contribution in [2.45, 2.75) is 20.5 Å². The van der Waals surface area contributed by atoms with Crippen LogP contribution in [0.4, 0.5) is 5.69 Å². The Bertz CT molecular complexity index is 1440. The number of amidine groups is 1. The Kier molecular flexibility index (Phi) is 9.56. The summed E-state index contributed by atoms with van der Waals surface area (Å²) in [5, 5.41) is 1.61. The number of likely N-dealkylation sites (N-methyl/N-ethyl adjacent to an activating group) is 1. The van der Waals surface area contributed by atoms with Crippen molar-refractivity contribution in [2.24, 2.45) is 4.99 Å². The summed E-state index contributed by atoms with van der Waals surface area (Å²) in [4.78, 5) is 31.4. The van der Waals surface area contributed by atoms with Gasteiger partial charge < -0.3 is 14.2 Å². The first-order valence-electron chi connectivity index (χ1n) is 12.2. The monoisotopic (exact) mass is 584 g/mol. The van der Waals surface area contributed by atoms with Crippen molar-refractivity contribution in [1.82, 2.24) is 4.90 Å². The van der Waals surface area contributed by atoms with Gasteiger partial charge in [-0.2, -0.15) is 0 Å². The predicted octanol–water partition coefficient (Wildman–Crippen LogP) is 7.38. The maximum Gasteiger partial charge on any atom is 0.338 e. The van der Waals surface area contributed by atoms with Gasteiger partial charge in [-0.3, -0.25) is 9.69 Å². The molecule has 0 aliphatic carbocycles. The maximum atomic E-state index is 12.9. The number of thioether (sulfide) groups is 1. The third kappa shape index (κ3) is 7.15. The van der Waals surface area contributed by atoms with E-state index >= 15 is 0 Å². The van der Waals surface area contributed by atoms with Crippen LogP contribution >= 0.6 is 35.0 Å². The third-order valence-corrected chi connectivity index (χ3v) is 7.22. The van der Waals surface area contributed by atoms with Gasteiger partial charge in [0.15, 0.2) is 16.7 Å². The van der Waals surface area contributed by atoms with Crippen molar-refractivity contribution in [3.05, 3.63) is 92.3 Å². The number of aliphatic imine (C=N–C) groups is 1. The molecule has 0 atom stereocenters. The topological polar surface area (TPSA) is 77.4 Å². The van der Waals surface area contributed by atoms with E-state index < -0.39 is 0 Å². The Hall–Kier alpha value is -3.46. The lowest BCUT2D eigenvalue weighted by Gasteiger charge is -2.13. The minimum atomic E-state index is -0.388. The van der Waals surface area contributed by atoms with Crippen LogP contribution in [0.15, 0.2) is 70.6 Å². The van der Waals surface area contributed by atoms with E-state index in [0.717, 1.165) is 11.1 Å². The van der Waals surface area contributed by atoms with E-state index in [1.54, 1.807) is 62.5 Å². The molecule has 0 N–H and O–H groups in total. The molecule has 0 aromatic heterocycles. The number of hydrogen-bond donors (Lipinski definition) is 0. The number of halogens is 2. The number of rotatable bonds is 9. The summed E-state index contributed by atoms with van der Waals surface area (Å²) in [6.45, 7) is 4.64. The summed E-state index contributed by atoms with van der Waals surface area (Å²) < 4.78 is 16.8. The molecular formula is C29H26Cl2N2O5S. The lowest BCUT2D eigenvalue weighted by molar-refractivity contribution is -0.121. The zero-order valence-corrected chi connectivity index (χ0v) is 23.9. The molecule has 0 spiro atoms. The predicted molar refractivity (Wildman–Crippen MR) is 156 cm³/mol. The highest BCUT2D eigenvalue weighted by Crippen LogP contribution is 2.36. The van der Waals surface area contributed by atoms with Gasteiger partial charge in [0.2, 0.25) is 0 Å². The smallest absolute Gasteiger partial charge is 0.338 e. The summed E-state index contributed by atoms with van der Waals surface area (Å²) >= 11 is 13.5. The number of nitrogens with zero attached hydrogens (tertiary/aromatic N) is 2. The average molecular weight is 586 g/mol. The quantitative estimate of drug-likeness (QED) is 0.193. The second kappa shape index (κ2) is 13.1. The van der Waals surface area contributed by atoms with Crippen molar-refractivity contribution < 1.29 is 23.8 Å². The van der Waals surface area contributed by atoms with E-state index in [4.69, 9.17) is 37.4 Å². The fourth-order valence-corrected chi connectivity index (χ4v) is 5.05. The first-order valence-corrected chi connectivity index (χ1v) is 13.7. The molecule has 3 aromatic carbocycles. The van der Waals surface area contributed by atoms with Crippen molar-refractivity contribution in [1.29, 1.82) is 0 Å². The highest BCUT2D eigenvalue weighted by molar-refractivity contribution is 8.18. The van der Waals surface area contributed by atoms with Gasteiger partial charge in [0, 0.05) is 22.7 Å². The van der Waals surface area contributed by atoms with Gasteiger partial charge in [0.1, 0.15) is 6.61 Å². The highest BCUT2D eigenvalue weighted by Gasteiger charge is 2.30. The molecule has 1 fully saturated rings. The molecule has 0 bridgehead atoms. The van der Waals surface area contributed by atoms with E-state index in [1.807, 2.05) is 25.1 Å². The number of benzene rings is 3. The van der Waals surface area contributed by atoms with Crippen LogP contribution in [0, 0.1) is 0 Å². The molecule has 4 rings (SSSR count). The number of hydrogen-bond acceptors (Lipinski definition) is 7. The maximum absolute atomic E-state index is 12.9. The van der Waals surface area contributed by atoms with Crippen LogP contribution in [-0.2, 0) is 16.1 Å². The van der Waals surface area contributed by atoms with Crippen LogP contribution in [0.25, 0.3) is 6.08 Å². The summed E-state index contributed by atoms with van der Waals surface area (Å²) in [5.41, 5.74) is 2.64. The van der Waals surface area contributed by atoms with Crippen molar-refractivity contribution in [2.75, 3.05) is 20.3 Å². The molecular weight excluding hydrogens is 559 g/mol. The van der Waals surface area contributed by atoms with Crippen molar-refractivity contribution in [3.63, 3.8) is 0 Å². The number of esters is 1. The Morgan fingerprint density at radius 3 is 2.44 bits per heavy atom. The van der Waals surface area contributed by atoms with Crippen LogP contribution in [0.2, 0.25) is 10.0 Å². The SMILES string of the molecule is CCOC(=O)c1ccc(N=C2S/C(=C/c3ccc(OCc4ccc(Cl)cc4Cl)c(OCC)c3)C(=O)N2C)cc1. The lowest BCUT2D eigenvalue weighted by atomic mass is 10.1. The lowest BCUT2D eigenvalue weighted by Crippen LogP contribution is -2.23. The van der Waals surface area contributed by atoms with E-state index in [-0.39, 0.29) is 18.5 Å². The Labute approximate surface area is 241 Å². The first kappa shape index (κ1) is 28.5. The van der Waals surface area contributed by atoms with Gasteiger partial charge in [0.05, 0.1) is 29.4 Å². The van der Waals surface area contributed by atoms with Gasteiger partial charge in [-0.1, -0.05) is 35.3 Å². The van der Waals surface area contributed by atoms with E-state index in [9.17, 15) is 9.59 Å². The van der Waals surface area contributed by atoms with E-state index in [0.29, 0.717) is 56.1 Å². The van der Waals surface area contributed by atoms with Gasteiger partial charge in [-0.25, -0.2) is 9.79 Å².